The second kappa shape index (κ2) is 4.78. The lowest BCUT2D eigenvalue weighted by atomic mass is 10.6. The molecule has 0 nitrogen and oxygen atoms in total. The summed E-state index contributed by atoms with van der Waals surface area (Å²) in [4.78, 5) is 0. The fraction of sp³-hybridized carbons (Fsp3) is 1.00. The first kappa shape index (κ1) is 16.0. The summed E-state index contributed by atoms with van der Waals surface area (Å²) in [5.74, 6) is 0. The molecule has 1 aliphatic heterocycles. The maximum absolute atomic E-state index is 6.50. The van der Waals surface area contributed by atoms with Crippen molar-refractivity contribution in [2.45, 2.75) is 25.1 Å². The van der Waals surface area contributed by atoms with Crippen molar-refractivity contribution in [1.29, 1.82) is 0 Å². The highest BCUT2D eigenvalue weighted by Gasteiger charge is 2.73. The predicted octanol–water partition coefficient (Wildman–Crippen LogP) is 5.20. The van der Waals surface area contributed by atoms with Gasteiger partial charge in [-0.1, -0.05) is 19.0 Å². The van der Waals surface area contributed by atoms with E-state index in [2.05, 4.69) is 0 Å². The monoisotopic (exact) mass is 414 g/mol. The van der Waals surface area contributed by atoms with Gasteiger partial charge < -0.3 is 0 Å². The minimum absolute atomic E-state index is 0.729. The average molecular weight is 418 g/mol. The molecule has 1 unspecified atom stereocenters. The van der Waals surface area contributed by atoms with Gasteiger partial charge in [-0.2, -0.15) is 22.2 Å². The first-order valence-corrected chi connectivity index (χ1v) is 23.3. The van der Waals surface area contributed by atoms with E-state index in [4.69, 9.17) is 77.6 Å². The Morgan fingerprint density at radius 3 is 1.73 bits per heavy atom. The minimum atomic E-state index is -2.89. The van der Waals surface area contributed by atoms with Crippen molar-refractivity contribution in [3.63, 3.8) is 0 Å². The highest BCUT2D eigenvalue weighted by Crippen LogP contribution is 2.54. The number of hydrogen-bond donors (Lipinski definition) is 0. The van der Waals surface area contributed by atoms with Gasteiger partial charge in [-0.3, -0.25) is 0 Å². The van der Waals surface area contributed by atoms with Crippen LogP contribution in [0.1, 0.15) is 6.42 Å². The molecule has 0 saturated carbocycles. The van der Waals surface area contributed by atoms with Gasteiger partial charge in [-0.05, 0) is 6.04 Å². The van der Waals surface area contributed by atoms with Crippen molar-refractivity contribution in [2.24, 2.45) is 0 Å². The Morgan fingerprint density at radius 1 is 0.933 bits per heavy atom. The third-order valence-electron chi connectivity index (χ3n) is 2.95. The molecule has 1 fully saturated rings. The van der Waals surface area contributed by atoms with Crippen LogP contribution in [0.3, 0.4) is 0 Å². The van der Waals surface area contributed by atoms with Gasteiger partial charge in [0.15, 0.2) is 0 Å². The van der Waals surface area contributed by atoms with E-state index in [-0.39, 0.29) is 0 Å². The summed E-state index contributed by atoms with van der Waals surface area (Å²) in [6, 6.07) is 1.58. The third-order valence-corrected chi connectivity index (χ3v) is 83.8. The van der Waals surface area contributed by atoms with E-state index >= 15 is 0 Å². The SMILES string of the molecule is C[Si]1([Si](Cl)(Cl)Cl)CCC[Si](Cl)(Cl)[Si]1(Cl)Cl. The zero-order chi connectivity index (χ0) is 12.1. The van der Waals surface area contributed by atoms with E-state index in [0.29, 0.717) is 0 Å². The highest BCUT2D eigenvalue weighted by atomic mass is 35.8. The Bertz CT molecular complexity index is 262. The number of halogens is 7. The summed E-state index contributed by atoms with van der Waals surface area (Å²) < 4.78 is 0. The van der Waals surface area contributed by atoms with E-state index in [0.717, 1.165) is 18.5 Å². The van der Waals surface area contributed by atoms with Crippen LogP contribution in [-0.4, -0.2) is 24.6 Å². The molecule has 1 heterocycles. The van der Waals surface area contributed by atoms with Crippen LogP contribution in [0.4, 0.5) is 0 Å². The lowest BCUT2D eigenvalue weighted by molar-refractivity contribution is 1.04. The molecule has 0 N–H and O–H groups in total. The van der Waals surface area contributed by atoms with Crippen LogP contribution in [0.2, 0.25) is 18.6 Å². The predicted molar refractivity (Wildman–Crippen MR) is 84.1 cm³/mol. The summed E-state index contributed by atoms with van der Waals surface area (Å²) in [5.41, 5.74) is -5.67. The average Bonchev–Trinajstić information content (AvgIpc) is 1.98. The third kappa shape index (κ3) is 2.61. The summed E-state index contributed by atoms with van der Waals surface area (Å²) in [6.07, 6.45) is -1.71. The Labute approximate surface area is 126 Å². The van der Waals surface area contributed by atoms with Crippen LogP contribution in [0, 0.1) is 0 Å². The molecule has 11 heteroatoms. The van der Waals surface area contributed by atoms with Gasteiger partial charge in [-0.15, -0.1) is 55.4 Å². The highest BCUT2D eigenvalue weighted by molar-refractivity contribution is 8.19. The molecule has 0 aromatic heterocycles. The van der Waals surface area contributed by atoms with Crippen LogP contribution in [0.5, 0.6) is 0 Å². The molecule has 1 atom stereocenters. The normalized spacial score (nSPS) is 35.2. The fourth-order valence-electron chi connectivity index (χ4n) is 1.70. The van der Waals surface area contributed by atoms with Gasteiger partial charge in [0.05, 0.1) is 0 Å². The maximum Gasteiger partial charge on any atom is 0.324 e. The van der Waals surface area contributed by atoms with Crippen molar-refractivity contribution in [3.8, 4) is 0 Å². The Morgan fingerprint density at radius 2 is 1.40 bits per heavy atom. The second-order valence-electron chi connectivity index (χ2n) is 3.96. The molecular weight excluding hydrogens is 409 g/mol. The van der Waals surface area contributed by atoms with E-state index in [1.807, 2.05) is 6.55 Å². The van der Waals surface area contributed by atoms with Crippen molar-refractivity contribution < 1.29 is 0 Å². The van der Waals surface area contributed by atoms with Gasteiger partial charge in [0.1, 0.15) is 7.11 Å². The Balaban J connectivity index is 3.20. The van der Waals surface area contributed by atoms with E-state index in [9.17, 15) is 0 Å². The van der Waals surface area contributed by atoms with E-state index < -0.39 is 24.6 Å². The van der Waals surface area contributed by atoms with Crippen molar-refractivity contribution >= 4 is 102 Å². The molecule has 15 heavy (non-hydrogen) atoms. The molecule has 0 bridgehead atoms. The van der Waals surface area contributed by atoms with Gasteiger partial charge in [0, 0.05) is 0 Å². The van der Waals surface area contributed by atoms with Crippen LogP contribution >= 0.6 is 77.6 Å². The van der Waals surface area contributed by atoms with Gasteiger partial charge in [-0.25, -0.2) is 0 Å². The van der Waals surface area contributed by atoms with E-state index in [1.54, 1.807) is 0 Å². The Hall–Kier alpha value is 2.90. The summed E-state index contributed by atoms with van der Waals surface area (Å²) in [6.45, 7) is 1.98. The number of hydrogen-bond acceptors (Lipinski definition) is 0. The van der Waals surface area contributed by atoms with Crippen molar-refractivity contribution in [3.05, 3.63) is 0 Å². The van der Waals surface area contributed by atoms with Crippen molar-refractivity contribution in [2.75, 3.05) is 0 Å². The molecule has 1 rings (SSSR count). The molecule has 1 saturated heterocycles. The fourth-order valence-corrected chi connectivity index (χ4v) is 92.7. The topological polar surface area (TPSA) is 0 Å². The Kier molecular flexibility index (Phi) is 5.08. The van der Waals surface area contributed by atoms with Crippen LogP contribution in [-0.2, 0) is 0 Å². The number of rotatable bonds is 1. The zero-order valence-electron chi connectivity index (χ0n) is 7.77. The molecular formula is C4H9Cl7Si4. The van der Waals surface area contributed by atoms with Crippen LogP contribution < -0.4 is 0 Å². The smallest absolute Gasteiger partial charge is 0.150 e. The maximum atomic E-state index is 6.50. The first-order valence-electron chi connectivity index (χ1n) is 4.28. The standard InChI is InChI=1S/C4H9Cl7Si4/c1-12(14(7,8)9)3-2-4-13(5,6)15(12,10)11/h2-4H2,1H3. The molecule has 0 radical (unpaired) electrons. The van der Waals surface area contributed by atoms with Gasteiger partial charge in [0.2, 0.25) is 0 Å². The largest absolute Gasteiger partial charge is 0.324 e. The van der Waals surface area contributed by atoms with Crippen LogP contribution in [0.15, 0.2) is 0 Å². The van der Waals surface area contributed by atoms with Gasteiger partial charge >= 0.3 is 5.52 Å². The minimum Gasteiger partial charge on any atom is -0.150 e. The quantitative estimate of drug-likeness (QED) is 0.406. The summed E-state index contributed by atoms with van der Waals surface area (Å²) in [7, 11) is -2.30. The molecule has 90 valence electrons. The molecule has 0 aromatic rings. The molecule has 0 aromatic carbocycles. The van der Waals surface area contributed by atoms with Gasteiger partial charge in [0.25, 0.3) is 11.9 Å². The summed E-state index contributed by atoms with van der Waals surface area (Å²) >= 11 is 44.2. The molecule has 0 amide bonds. The summed E-state index contributed by atoms with van der Waals surface area (Å²) in [5, 5.41) is 0. The molecule has 0 aliphatic carbocycles. The lowest BCUT2D eigenvalue weighted by Gasteiger charge is -2.48. The van der Waals surface area contributed by atoms with Crippen LogP contribution in [0.25, 0.3) is 0 Å². The molecule has 0 spiro atoms. The van der Waals surface area contributed by atoms with Crippen molar-refractivity contribution in [1.82, 2.24) is 0 Å². The first-order chi connectivity index (χ1) is 6.46. The van der Waals surface area contributed by atoms with E-state index in [1.165, 1.54) is 0 Å². The lowest BCUT2D eigenvalue weighted by Crippen LogP contribution is -2.76. The molecule has 1 aliphatic rings. The second-order valence-corrected chi connectivity index (χ2v) is 53.9. The zero-order valence-corrected chi connectivity index (χ0v) is 17.1.